The number of fused-ring (bicyclic) bond motifs is 2. The van der Waals surface area contributed by atoms with E-state index in [1.54, 1.807) is 23.9 Å². The molecule has 0 atom stereocenters. The van der Waals surface area contributed by atoms with E-state index in [0.717, 1.165) is 48.8 Å². The topological polar surface area (TPSA) is 50.7 Å². The van der Waals surface area contributed by atoms with Crippen LogP contribution in [0.3, 0.4) is 0 Å². The van der Waals surface area contributed by atoms with Crippen LogP contribution in [0.15, 0.2) is 67.1 Å². The van der Waals surface area contributed by atoms with E-state index in [1.807, 2.05) is 42.5 Å². The third-order valence-electron chi connectivity index (χ3n) is 4.68. The summed E-state index contributed by atoms with van der Waals surface area (Å²) >= 11 is 7.75. The molecule has 0 aliphatic carbocycles. The molecule has 5 rings (SSSR count). The van der Waals surface area contributed by atoms with Crippen LogP contribution in [0.2, 0.25) is 5.02 Å². The summed E-state index contributed by atoms with van der Waals surface area (Å²) in [4.78, 5) is 15.7. The lowest BCUT2D eigenvalue weighted by Crippen LogP contribution is -1.97. The highest BCUT2D eigenvalue weighted by atomic mass is 35.5. The van der Waals surface area contributed by atoms with Crippen molar-refractivity contribution in [2.45, 2.75) is 6.92 Å². The largest absolute Gasteiger partial charge is 0.338 e. The molecule has 6 heteroatoms. The molecule has 0 saturated carbocycles. The zero-order chi connectivity index (χ0) is 19.1. The molecule has 0 aliphatic heterocycles. The number of nitrogens with zero attached hydrogens (tertiary/aromatic N) is 3. The van der Waals surface area contributed by atoms with Crippen molar-refractivity contribution in [3.63, 3.8) is 0 Å². The van der Waals surface area contributed by atoms with Crippen molar-refractivity contribution >= 4 is 55.6 Å². The van der Waals surface area contributed by atoms with Crippen LogP contribution >= 0.6 is 22.9 Å². The van der Waals surface area contributed by atoms with Crippen LogP contribution in [0.25, 0.3) is 32.2 Å². The van der Waals surface area contributed by atoms with Crippen LogP contribution in [-0.4, -0.2) is 15.0 Å². The summed E-state index contributed by atoms with van der Waals surface area (Å²) in [6, 6.07) is 18.0. The average molecular weight is 403 g/mol. The van der Waals surface area contributed by atoms with Crippen molar-refractivity contribution in [3.05, 3.63) is 77.0 Å². The maximum atomic E-state index is 6.08. The standard InChI is InChI=1S/C22H15ClN4S/c1-13-18(14-7-9-16(23)10-8-14)19-21(25-12-26-22(19)28-13)27-17-6-2-4-15-5-3-11-24-20(15)17/h2-12H,1H3,(H,25,26,27). The SMILES string of the molecule is Cc1sc2ncnc(Nc3cccc4cccnc34)c2c1-c1ccc(Cl)cc1. The third kappa shape index (κ3) is 2.89. The van der Waals surface area contributed by atoms with E-state index < -0.39 is 0 Å². The molecular weight excluding hydrogens is 388 g/mol. The van der Waals surface area contributed by atoms with Gasteiger partial charge >= 0.3 is 0 Å². The highest BCUT2D eigenvalue weighted by Gasteiger charge is 2.17. The lowest BCUT2D eigenvalue weighted by Gasteiger charge is -2.11. The fourth-order valence-corrected chi connectivity index (χ4v) is 4.57. The van der Waals surface area contributed by atoms with Gasteiger partial charge in [0, 0.05) is 27.0 Å². The number of para-hydroxylation sites is 1. The van der Waals surface area contributed by atoms with Crippen molar-refractivity contribution in [2.75, 3.05) is 5.32 Å². The van der Waals surface area contributed by atoms with Crippen LogP contribution < -0.4 is 5.32 Å². The second-order valence-corrected chi connectivity index (χ2v) is 8.09. The molecular formula is C22H15ClN4S. The Morgan fingerprint density at radius 2 is 1.75 bits per heavy atom. The van der Waals surface area contributed by atoms with E-state index >= 15 is 0 Å². The summed E-state index contributed by atoms with van der Waals surface area (Å²) in [5.41, 5.74) is 4.07. The first-order chi connectivity index (χ1) is 13.7. The highest BCUT2D eigenvalue weighted by molar-refractivity contribution is 7.19. The fourth-order valence-electron chi connectivity index (χ4n) is 3.44. The molecule has 0 saturated heterocycles. The van der Waals surface area contributed by atoms with Gasteiger partial charge in [0.25, 0.3) is 0 Å². The first-order valence-electron chi connectivity index (χ1n) is 8.81. The molecule has 136 valence electrons. The number of hydrogen-bond acceptors (Lipinski definition) is 5. The van der Waals surface area contributed by atoms with E-state index in [0.29, 0.717) is 0 Å². The summed E-state index contributed by atoms with van der Waals surface area (Å²) < 4.78 is 0. The van der Waals surface area contributed by atoms with Crippen LogP contribution in [0.1, 0.15) is 4.88 Å². The second-order valence-electron chi connectivity index (χ2n) is 6.45. The molecule has 3 heterocycles. The molecule has 5 aromatic rings. The van der Waals surface area contributed by atoms with Crippen LogP contribution in [-0.2, 0) is 0 Å². The van der Waals surface area contributed by atoms with Crippen molar-refractivity contribution in [2.24, 2.45) is 0 Å². The predicted octanol–water partition coefficient (Wildman–Crippen LogP) is 6.61. The number of rotatable bonds is 3. The van der Waals surface area contributed by atoms with Crippen LogP contribution in [0.4, 0.5) is 11.5 Å². The van der Waals surface area contributed by atoms with Gasteiger partial charge in [-0.25, -0.2) is 9.97 Å². The maximum Gasteiger partial charge on any atom is 0.143 e. The first-order valence-corrected chi connectivity index (χ1v) is 10.0. The number of thiophene rings is 1. The van der Waals surface area contributed by atoms with Gasteiger partial charge in [0.2, 0.25) is 0 Å². The Morgan fingerprint density at radius 1 is 0.929 bits per heavy atom. The number of benzene rings is 2. The Morgan fingerprint density at radius 3 is 2.61 bits per heavy atom. The van der Waals surface area contributed by atoms with Gasteiger partial charge in [0.1, 0.15) is 17.0 Å². The van der Waals surface area contributed by atoms with E-state index in [1.165, 1.54) is 4.88 Å². The first kappa shape index (κ1) is 17.1. The maximum absolute atomic E-state index is 6.08. The van der Waals surface area contributed by atoms with Gasteiger partial charge in [-0.1, -0.05) is 41.9 Å². The summed E-state index contributed by atoms with van der Waals surface area (Å²) in [5, 5.41) is 6.31. The quantitative estimate of drug-likeness (QED) is 0.368. The number of hydrogen-bond donors (Lipinski definition) is 1. The van der Waals surface area contributed by atoms with Gasteiger partial charge in [-0.2, -0.15) is 0 Å². The Hall–Kier alpha value is -3.02. The van der Waals surface area contributed by atoms with Gasteiger partial charge in [-0.15, -0.1) is 11.3 Å². The van der Waals surface area contributed by atoms with Crippen molar-refractivity contribution in [1.29, 1.82) is 0 Å². The Balaban J connectivity index is 1.71. The van der Waals surface area contributed by atoms with Gasteiger partial charge in [-0.05, 0) is 36.8 Å². The smallest absolute Gasteiger partial charge is 0.143 e. The van der Waals surface area contributed by atoms with E-state index in [2.05, 4.69) is 39.3 Å². The molecule has 4 nitrogen and oxygen atoms in total. The number of anilines is 2. The third-order valence-corrected chi connectivity index (χ3v) is 5.95. The Bertz CT molecular complexity index is 1310. The predicted molar refractivity (Wildman–Crippen MR) is 118 cm³/mol. The number of aromatic nitrogens is 3. The molecule has 0 amide bonds. The molecule has 1 N–H and O–H groups in total. The molecule has 0 unspecified atom stereocenters. The minimum atomic E-state index is 0.720. The van der Waals surface area contributed by atoms with Crippen LogP contribution in [0.5, 0.6) is 0 Å². The fraction of sp³-hybridized carbons (Fsp3) is 0.0455. The molecule has 2 aromatic carbocycles. The molecule has 0 spiro atoms. The number of nitrogens with one attached hydrogen (secondary N) is 1. The molecule has 0 bridgehead atoms. The summed E-state index contributed by atoms with van der Waals surface area (Å²) in [7, 11) is 0. The molecule has 0 radical (unpaired) electrons. The van der Waals surface area contributed by atoms with Crippen molar-refractivity contribution < 1.29 is 0 Å². The lowest BCUT2D eigenvalue weighted by molar-refractivity contribution is 1.23. The molecule has 28 heavy (non-hydrogen) atoms. The van der Waals surface area contributed by atoms with E-state index in [9.17, 15) is 0 Å². The zero-order valence-corrected chi connectivity index (χ0v) is 16.6. The van der Waals surface area contributed by atoms with Crippen molar-refractivity contribution in [1.82, 2.24) is 15.0 Å². The summed E-state index contributed by atoms with van der Waals surface area (Å²) in [6.07, 6.45) is 3.40. The second kappa shape index (κ2) is 6.86. The van der Waals surface area contributed by atoms with Gasteiger partial charge in [-0.3, -0.25) is 4.98 Å². The molecule has 3 aromatic heterocycles. The Labute approximate surface area is 170 Å². The molecule has 0 aliphatic rings. The number of pyridine rings is 1. The molecule has 0 fully saturated rings. The zero-order valence-electron chi connectivity index (χ0n) is 15.0. The van der Waals surface area contributed by atoms with E-state index in [-0.39, 0.29) is 0 Å². The Kier molecular flexibility index (Phi) is 4.19. The number of aryl methyl sites for hydroxylation is 1. The highest BCUT2D eigenvalue weighted by Crippen LogP contribution is 2.41. The monoisotopic (exact) mass is 402 g/mol. The van der Waals surface area contributed by atoms with E-state index in [4.69, 9.17) is 11.6 Å². The van der Waals surface area contributed by atoms with Crippen LogP contribution in [0, 0.1) is 6.92 Å². The summed E-state index contributed by atoms with van der Waals surface area (Å²) in [6.45, 7) is 2.11. The minimum absolute atomic E-state index is 0.720. The summed E-state index contributed by atoms with van der Waals surface area (Å²) in [5.74, 6) is 0.775. The van der Waals surface area contributed by atoms with Gasteiger partial charge < -0.3 is 5.32 Å². The van der Waals surface area contributed by atoms with Gasteiger partial charge in [0.05, 0.1) is 16.6 Å². The minimum Gasteiger partial charge on any atom is -0.338 e. The lowest BCUT2D eigenvalue weighted by atomic mass is 10.0. The van der Waals surface area contributed by atoms with Crippen molar-refractivity contribution in [3.8, 4) is 11.1 Å². The average Bonchev–Trinajstić information content (AvgIpc) is 3.06. The van der Waals surface area contributed by atoms with Gasteiger partial charge in [0.15, 0.2) is 0 Å². The normalized spacial score (nSPS) is 11.2. The number of halogens is 1.